The van der Waals surface area contributed by atoms with Crippen LogP contribution in [0.4, 0.5) is 0 Å². The van der Waals surface area contributed by atoms with Crippen LogP contribution in [0.1, 0.15) is 30.6 Å². The molecule has 5 nitrogen and oxygen atoms in total. The molecule has 0 amide bonds. The Labute approximate surface area is 139 Å². The van der Waals surface area contributed by atoms with Gasteiger partial charge in [0, 0.05) is 38.6 Å². The summed E-state index contributed by atoms with van der Waals surface area (Å²) in [6.45, 7) is 9.45. The molecule has 23 heavy (non-hydrogen) atoms. The van der Waals surface area contributed by atoms with Gasteiger partial charge in [0.1, 0.15) is 11.5 Å². The van der Waals surface area contributed by atoms with Crippen molar-refractivity contribution in [2.75, 3.05) is 46.4 Å². The van der Waals surface area contributed by atoms with E-state index in [9.17, 15) is 4.79 Å². The molecule has 0 aromatic heterocycles. The fraction of sp³-hybridized carbons (Fsp3) is 0.611. The van der Waals surface area contributed by atoms with Crippen LogP contribution in [-0.2, 0) is 0 Å². The van der Waals surface area contributed by atoms with Gasteiger partial charge < -0.3 is 19.7 Å². The molecule has 1 heterocycles. The van der Waals surface area contributed by atoms with E-state index >= 15 is 0 Å². The molecule has 1 aliphatic rings. The molecule has 0 spiro atoms. The first-order chi connectivity index (χ1) is 11.2. The summed E-state index contributed by atoms with van der Waals surface area (Å²) in [4.78, 5) is 15.2. The largest absolute Gasteiger partial charge is 0.496 e. The Morgan fingerprint density at radius 3 is 2.74 bits per heavy atom. The van der Waals surface area contributed by atoms with Crippen molar-refractivity contribution in [3.05, 3.63) is 23.8 Å². The number of carbonyl (C=O) groups is 1. The fourth-order valence-electron chi connectivity index (χ4n) is 2.82. The van der Waals surface area contributed by atoms with Gasteiger partial charge >= 0.3 is 0 Å². The van der Waals surface area contributed by atoms with E-state index in [0.717, 1.165) is 44.9 Å². The summed E-state index contributed by atoms with van der Waals surface area (Å²) in [5.41, 5.74) is 0.615. The highest BCUT2D eigenvalue weighted by atomic mass is 16.5. The third-order valence-electron chi connectivity index (χ3n) is 4.10. The van der Waals surface area contributed by atoms with Crippen LogP contribution in [0.15, 0.2) is 18.2 Å². The van der Waals surface area contributed by atoms with Gasteiger partial charge in [0.25, 0.3) is 0 Å². The van der Waals surface area contributed by atoms with Crippen LogP contribution in [0.3, 0.4) is 0 Å². The van der Waals surface area contributed by atoms with Gasteiger partial charge in [0.15, 0.2) is 5.78 Å². The molecule has 0 radical (unpaired) electrons. The van der Waals surface area contributed by atoms with E-state index < -0.39 is 0 Å². The monoisotopic (exact) mass is 320 g/mol. The highest BCUT2D eigenvalue weighted by Gasteiger charge is 2.23. The Balaban J connectivity index is 2.08. The quantitative estimate of drug-likeness (QED) is 0.744. The lowest BCUT2D eigenvalue weighted by Crippen LogP contribution is -2.45. The van der Waals surface area contributed by atoms with Gasteiger partial charge in [-0.2, -0.15) is 0 Å². The van der Waals surface area contributed by atoms with Crippen LogP contribution in [0.25, 0.3) is 0 Å². The molecule has 1 atom stereocenters. The minimum Gasteiger partial charge on any atom is -0.496 e. The van der Waals surface area contributed by atoms with Crippen molar-refractivity contribution in [2.24, 2.45) is 5.92 Å². The molecule has 1 aromatic carbocycles. The first-order valence-corrected chi connectivity index (χ1v) is 8.43. The summed E-state index contributed by atoms with van der Waals surface area (Å²) >= 11 is 0. The lowest BCUT2D eigenvalue weighted by atomic mass is 9.97. The molecule has 128 valence electrons. The maximum Gasteiger partial charge on any atom is 0.170 e. The molecule has 0 saturated carbocycles. The number of ketones is 1. The average molecular weight is 320 g/mol. The zero-order chi connectivity index (χ0) is 16.7. The SMILES string of the molecule is CCCOc1ccc(OC)c(C(=O)C(C)CN2CCNCC2)c1. The van der Waals surface area contributed by atoms with E-state index in [-0.39, 0.29) is 11.7 Å². The summed E-state index contributed by atoms with van der Waals surface area (Å²) < 4.78 is 11.0. The molecular weight excluding hydrogens is 292 g/mol. The number of ether oxygens (including phenoxy) is 2. The minimum atomic E-state index is -0.0663. The number of hydrogen-bond acceptors (Lipinski definition) is 5. The van der Waals surface area contributed by atoms with Gasteiger partial charge in [0.05, 0.1) is 19.3 Å². The van der Waals surface area contributed by atoms with Gasteiger partial charge in [-0.05, 0) is 24.6 Å². The standard InChI is InChI=1S/C18H28N2O3/c1-4-11-23-15-5-6-17(22-3)16(12-15)18(21)14(2)13-20-9-7-19-8-10-20/h5-6,12,14,19H,4,7-11,13H2,1-3H3. The van der Waals surface area contributed by atoms with Crippen LogP contribution >= 0.6 is 0 Å². The van der Waals surface area contributed by atoms with Gasteiger partial charge in [-0.15, -0.1) is 0 Å². The molecule has 1 aromatic rings. The zero-order valence-corrected chi connectivity index (χ0v) is 14.4. The number of Topliss-reactive ketones (excluding diaryl/α,β-unsaturated/α-hetero) is 1. The Morgan fingerprint density at radius 2 is 2.09 bits per heavy atom. The van der Waals surface area contributed by atoms with Crippen LogP contribution in [-0.4, -0.2) is 57.1 Å². The highest BCUT2D eigenvalue weighted by molar-refractivity contribution is 6.00. The molecule has 0 bridgehead atoms. The van der Waals surface area contributed by atoms with E-state index in [1.54, 1.807) is 7.11 Å². The molecule has 1 N–H and O–H groups in total. The van der Waals surface area contributed by atoms with Crippen molar-refractivity contribution in [3.63, 3.8) is 0 Å². The van der Waals surface area contributed by atoms with E-state index in [1.165, 1.54) is 0 Å². The summed E-state index contributed by atoms with van der Waals surface area (Å²) in [5, 5.41) is 3.33. The van der Waals surface area contributed by atoms with Crippen LogP contribution in [0.5, 0.6) is 11.5 Å². The summed E-state index contributed by atoms with van der Waals surface area (Å²) in [6.07, 6.45) is 0.939. The summed E-state index contributed by atoms with van der Waals surface area (Å²) in [5.74, 6) is 1.39. The molecular formula is C18H28N2O3. The Kier molecular flexibility index (Phi) is 6.86. The summed E-state index contributed by atoms with van der Waals surface area (Å²) in [6, 6.07) is 5.48. The van der Waals surface area contributed by atoms with E-state index in [2.05, 4.69) is 17.1 Å². The second-order valence-corrected chi connectivity index (χ2v) is 6.03. The second kappa shape index (κ2) is 8.89. The molecule has 0 aliphatic carbocycles. The van der Waals surface area contributed by atoms with Crippen molar-refractivity contribution in [3.8, 4) is 11.5 Å². The predicted octanol–water partition coefficient (Wildman–Crippen LogP) is 2.21. The number of rotatable bonds is 8. The number of methoxy groups -OCH3 is 1. The van der Waals surface area contributed by atoms with Crippen molar-refractivity contribution >= 4 is 5.78 Å². The van der Waals surface area contributed by atoms with Crippen LogP contribution < -0.4 is 14.8 Å². The van der Waals surface area contributed by atoms with Gasteiger partial charge in [-0.1, -0.05) is 13.8 Å². The van der Waals surface area contributed by atoms with Gasteiger partial charge in [-0.25, -0.2) is 0 Å². The zero-order valence-electron chi connectivity index (χ0n) is 14.4. The lowest BCUT2D eigenvalue weighted by molar-refractivity contribution is 0.0884. The number of nitrogens with one attached hydrogen (secondary N) is 1. The number of hydrogen-bond donors (Lipinski definition) is 1. The van der Waals surface area contributed by atoms with Crippen molar-refractivity contribution in [2.45, 2.75) is 20.3 Å². The third kappa shape index (κ3) is 4.94. The lowest BCUT2D eigenvalue weighted by Gasteiger charge is -2.29. The smallest absolute Gasteiger partial charge is 0.170 e. The maximum absolute atomic E-state index is 12.8. The fourth-order valence-corrected chi connectivity index (χ4v) is 2.82. The molecule has 1 aliphatic heterocycles. The van der Waals surface area contributed by atoms with Crippen molar-refractivity contribution < 1.29 is 14.3 Å². The highest BCUT2D eigenvalue weighted by Crippen LogP contribution is 2.27. The van der Waals surface area contributed by atoms with Crippen molar-refractivity contribution in [1.29, 1.82) is 0 Å². The Hall–Kier alpha value is -1.59. The molecule has 1 fully saturated rings. The molecule has 5 heteroatoms. The molecule has 1 unspecified atom stereocenters. The van der Waals surface area contributed by atoms with Gasteiger partial charge in [-0.3, -0.25) is 4.79 Å². The van der Waals surface area contributed by atoms with Crippen LogP contribution in [0, 0.1) is 5.92 Å². The van der Waals surface area contributed by atoms with E-state index in [4.69, 9.17) is 9.47 Å². The number of piperazine rings is 1. The molecule has 2 rings (SSSR count). The Morgan fingerprint density at radius 1 is 1.35 bits per heavy atom. The second-order valence-electron chi connectivity index (χ2n) is 6.03. The van der Waals surface area contributed by atoms with Gasteiger partial charge in [0.2, 0.25) is 0 Å². The first kappa shape index (κ1) is 17.8. The van der Waals surface area contributed by atoms with Crippen LogP contribution in [0.2, 0.25) is 0 Å². The average Bonchev–Trinajstić information content (AvgIpc) is 2.59. The first-order valence-electron chi connectivity index (χ1n) is 8.43. The third-order valence-corrected chi connectivity index (χ3v) is 4.10. The normalized spacial score (nSPS) is 16.8. The Bertz CT molecular complexity index is 513. The van der Waals surface area contributed by atoms with Crippen molar-refractivity contribution in [1.82, 2.24) is 10.2 Å². The number of benzene rings is 1. The maximum atomic E-state index is 12.8. The van der Waals surface area contributed by atoms with E-state index in [1.807, 2.05) is 25.1 Å². The summed E-state index contributed by atoms with van der Waals surface area (Å²) in [7, 11) is 1.60. The molecule has 1 saturated heterocycles. The topological polar surface area (TPSA) is 50.8 Å². The minimum absolute atomic E-state index is 0.0663. The number of nitrogens with zero attached hydrogens (tertiary/aromatic N) is 1. The predicted molar refractivity (Wildman–Crippen MR) is 91.6 cm³/mol. The number of carbonyl (C=O) groups excluding carboxylic acids is 1. The van der Waals surface area contributed by atoms with E-state index in [0.29, 0.717) is 17.9 Å².